The number of amides is 1. The summed E-state index contributed by atoms with van der Waals surface area (Å²) in [5.74, 6) is 0.720. The number of rotatable bonds is 6. The average Bonchev–Trinajstić information content (AvgIpc) is 2.35. The highest BCUT2D eigenvalue weighted by Crippen LogP contribution is 2.17. The molecule has 0 atom stereocenters. The number of benzene rings is 1. The molecule has 104 valence electrons. The summed E-state index contributed by atoms with van der Waals surface area (Å²) in [5.41, 5.74) is -0.00407. The second-order valence-corrected chi connectivity index (χ2v) is 4.71. The Balaban J connectivity index is 2.48. The first-order valence-corrected chi connectivity index (χ1v) is 6.01. The van der Waals surface area contributed by atoms with Crippen molar-refractivity contribution in [3.8, 4) is 5.75 Å². The van der Waals surface area contributed by atoms with E-state index in [0.717, 1.165) is 0 Å². The highest BCUT2D eigenvalue weighted by Gasteiger charge is 2.11. The first-order valence-electron chi connectivity index (χ1n) is 6.01. The minimum absolute atomic E-state index is 0.00407. The monoisotopic (exact) mass is 266 g/mol. The molecule has 0 fully saturated rings. The number of carbonyl (C=O) groups excluding carboxylic acids is 1. The standard InChI is InChI=1S/C13H18N2O4/c1-10(2)8-14(3)13(16)9-19-12-6-4-11(5-7-12)15(17)18/h4-7,10H,8-9H2,1-3H3. The Labute approximate surface area is 112 Å². The van der Waals surface area contributed by atoms with E-state index in [4.69, 9.17) is 4.74 Å². The van der Waals surface area contributed by atoms with Gasteiger partial charge in [-0.25, -0.2) is 0 Å². The van der Waals surface area contributed by atoms with Crippen molar-refractivity contribution in [2.75, 3.05) is 20.2 Å². The first-order chi connectivity index (χ1) is 8.90. The lowest BCUT2D eigenvalue weighted by Crippen LogP contribution is -2.34. The summed E-state index contributed by atoms with van der Waals surface area (Å²) in [6.45, 7) is 4.66. The molecule has 0 heterocycles. The van der Waals surface area contributed by atoms with Gasteiger partial charge in [0, 0.05) is 25.7 Å². The Morgan fingerprint density at radius 2 is 1.95 bits per heavy atom. The molecule has 19 heavy (non-hydrogen) atoms. The van der Waals surface area contributed by atoms with Crippen molar-refractivity contribution < 1.29 is 14.5 Å². The maximum absolute atomic E-state index is 11.7. The van der Waals surface area contributed by atoms with Crippen LogP contribution in [-0.2, 0) is 4.79 Å². The zero-order valence-electron chi connectivity index (χ0n) is 11.3. The molecule has 0 aliphatic heterocycles. The van der Waals surface area contributed by atoms with Gasteiger partial charge >= 0.3 is 0 Å². The van der Waals surface area contributed by atoms with E-state index in [2.05, 4.69) is 0 Å². The number of likely N-dealkylation sites (N-methyl/N-ethyl adjacent to an activating group) is 1. The normalized spacial score (nSPS) is 10.3. The van der Waals surface area contributed by atoms with Crippen molar-refractivity contribution in [3.05, 3.63) is 34.4 Å². The van der Waals surface area contributed by atoms with Gasteiger partial charge in [0.2, 0.25) is 0 Å². The van der Waals surface area contributed by atoms with Crippen LogP contribution in [0.5, 0.6) is 5.75 Å². The molecular formula is C13H18N2O4. The van der Waals surface area contributed by atoms with Gasteiger partial charge in [-0.05, 0) is 18.1 Å². The third-order valence-electron chi connectivity index (χ3n) is 2.47. The van der Waals surface area contributed by atoms with Gasteiger partial charge in [0.15, 0.2) is 6.61 Å². The Morgan fingerprint density at radius 1 is 1.37 bits per heavy atom. The summed E-state index contributed by atoms with van der Waals surface area (Å²) in [6.07, 6.45) is 0. The van der Waals surface area contributed by atoms with Crippen molar-refractivity contribution >= 4 is 11.6 Å². The molecule has 0 aliphatic rings. The fourth-order valence-electron chi connectivity index (χ4n) is 1.57. The molecule has 0 spiro atoms. The second kappa shape index (κ2) is 6.72. The smallest absolute Gasteiger partial charge is 0.269 e. The van der Waals surface area contributed by atoms with Crippen LogP contribution in [0.1, 0.15) is 13.8 Å². The molecule has 1 amide bonds. The lowest BCUT2D eigenvalue weighted by atomic mass is 10.2. The van der Waals surface area contributed by atoms with Crippen LogP contribution in [0.25, 0.3) is 0 Å². The summed E-state index contributed by atoms with van der Waals surface area (Å²) in [7, 11) is 1.72. The van der Waals surface area contributed by atoms with Gasteiger partial charge in [-0.3, -0.25) is 14.9 Å². The summed E-state index contributed by atoms with van der Waals surface area (Å²) in [5, 5.41) is 10.5. The largest absolute Gasteiger partial charge is 0.484 e. The molecule has 1 rings (SSSR count). The van der Waals surface area contributed by atoms with Crippen molar-refractivity contribution in [1.82, 2.24) is 4.90 Å². The number of carbonyl (C=O) groups is 1. The van der Waals surface area contributed by atoms with Crippen LogP contribution in [0.3, 0.4) is 0 Å². The van der Waals surface area contributed by atoms with E-state index in [9.17, 15) is 14.9 Å². The molecule has 6 heteroatoms. The zero-order chi connectivity index (χ0) is 14.4. The SMILES string of the molecule is CC(C)CN(C)C(=O)COc1ccc([N+](=O)[O-])cc1. The van der Waals surface area contributed by atoms with Crippen LogP contribution in [-0.4, -0.2) is 35.9 Å². The van der Waals surface area contributed by atoms with Gasteiger partial charge in [-0.15, -0.1) is 0 Å². The molecular weight excluding hydrogens is 248 g/mol. The fourth-order valence-corrected chi connectivity index (χ4v) is 1.57. The highest BCUT2D eigenvalue weighted by atomic mass is 16.6. The fraction of sp³-hybridized carbons (Fsp3) is 0.462. The molecule has 0 bridgehead atoms. The molecule has 0 unspecified atom stereocenters. The van der Waals surface area contributed by atoms with Crippen LogP contribution >= 0.6 is 0 Å². The van der Waals surface area contributed by atoms with Crippen LogP contribution in [0, 0.1) is 16.0 Å². The van der Waals surface area contributed by atoms with E-state index in [-0.39, 0.29) is 18.2 Å². The lowest BCUT2D eigenvalue weighted by Gasteiger charge is -2.19. The molecule has 0 aromatic heterocycles. The highest BCUT2D eigenvalue weighted by molar-refractivity contribution is 5.77. The van der Waals surface area contributed by atoms with Gasteiger partial charge in [-0.1, -0.05) is 13.8 Å². The van der Waals surface area contributed by atoms with E-state index in [1.54, 1.807) is 11.9 Å². The molecule has 0 saturated carbocycles. The van der Waals surface area contributed by atoms with Crippen LogP contribution in [0.4, 0.5) is 5.69 Å². The number of nitrogens with zero attached hydrogens (tertiary/aromatic N) is 2. The Bertz CT molecular complexity index is 442. The van der Waals surface area contributed by atoms with Crippen molar-refractivity contribution in [3.63, 3.8) is 0 Å². The predicted molar refractivity (Wildman–Crippen MR) is 71.1 cm³/mol. The number of nitro benzene ring substituents is 1. The Hall–Kier alpha value is -2.11. The van der Waals surface area contributed by atoms with Crippen LogP contribution in [0.2, 0.25) is 0 Å². The van der Waals surface area contributed by atoms with Crippen molar-refractivity contribution in [1.29, 1.82) is 0 Å². The molecule has 0 N–H and O–H groups in total. The topological polar surface area (TPSA) is 72.7 Å². The molecule has 0 aliphatic carbocycles. The van der Waals surface area contributed by atoms with Crippen LogP contribution in [0.15, 0.2) is 24.3 Å². The molecule has 0 saturated heterocycles. The van der Waals surface area contributed by atoms with E-state index < -0.39 is 4.92 Å². The van der Waals surface area contributed by atoms with E-state index in [0.29, 0.717) is 18.2 Å². The summed E-state index contributed by atoms with van der Waals surface area (Å²) < 4.78 is 5.29. The maximum atomic E-state index is 11.7. The van der Waals surface area contributed by atoms with Gasteiger partial charge in [0.05, 0.1) is 4.92 Å². The van der Waals surface area contributed by atoms with E-state index in [1.807, 2.05) is 13.8 Å². The second-order valence-electron chi connectivity index (χ2n) is 4.71. The van der Waals surface area contributed by atoms with Crippen LogP contribution < -0.4 is 4.74 Å². The van der Waals surface area contributed by atoms with E-state index >= 15 is 0 Å². The minimum atomic E-state index is -0.481. The number of ether oxygens (including phenoxy) is 1. The number of hydrogen-bond donors (Lipinski definition) is 0. The predicted octanol–water partition coefficient (Wildman–Crippen LogP) is 2.09. The molecule has 6 nitrogen and oxygen atoms in total. The molecule has 0 radical (unpaired) electrons. The van der Waals surface area contributed by atoms with Gasteiger partial charge in [0.25, 0.3) is 11.6 Å². The van der Waals surface area contributed by atoms with Crippen molar-refractivity contribution in [2.24, 2.45) is 5.92 Å². The van der Waals surface area contributed by atoms with E-state index in [1.165, 1.54) is 24.3 Å². The zero-order valence-corrected chi connectivity index (χ0v) is 11.3. The number of nitro groups is 1. The lowest BCUT2D eigenvalue weighted by molar-refractivity contribution is -0.384. The Kier molecular flexibility index (Phi) is 5.29. The Morgan fingerprint density at radius 3 is 2.42 bits per heavy atom. The van der Waals surface area contributed by atoms with Gasteiger partial charge < -0.3 is 9.64 Å². The minimum Gasteiger partial charge on any atom is -0.484 e. The summed E-state index contributed by atoms with van der Waals surface area (Å²) >= 11 is 0. The average molecular weight is 266 g/mol. The maximum Gasteiger partial charge on any atom is 0.269 e. The molecule has 1 aromatic carbocycles. The molecule has 1 aromatic rings. The third kappa shape index (κ3) is 4.95. The third-order valence-corrected chi connectivity index (χ3v) is 2.47. The number of non-ortho nitro benzene ring substituents is 1. The number of hydrogen-bond acceptors (Lipinski definition) is 4. The van der Waals surface area contributed by atoms with Crippen molar-refractivity contribution in [2.45, 2.75) is 13.8 Å². The first kappa shape index (κ1) is 14.9. The van der Waals surface area contributed by atoms with Gasteiger partial charge in [0.1, 0.15) is 5.75 Å². The van der Waals surface area contributed by atoms with Gasteiger partial charge in [-0.2, -0.15) is 0 Å². The quantitative estimate of drug-likeness (QED) is 0.583. The summed E-state index contributed by atoms with van der Waals surface area (Å²) in [4.78, 5) is 23.3. The summed E-state index contributed by atoms with van der Waals surface area (Å²) in [6, 6.07) is 5.65.